The first-order valence-corrected chi connectivity index (χ1v) is 10.4. The number of hydrogen-bond donors (Lipinski definition) is 1. The number of methoxy groups -OCH3 is 1. The molecule has 0 saturated carbocycles. The Bertz CT molecular complexity index is 1170. The summed E-state index contributed by atoms with van der Waals surface area (Å²) in [4.78, 5) is 17.1. The number of amides is 1. The number of anilines is 1. The summed E-state index contributed by atoms with van der Waals surface area (Å²) in [6.45, 7) is 0.542. The van der Waals surface area contributed by atoms with E-state index in [1.807, 2.05) is 47.0 Å². The smallest absolute Gasteiger partial charge is 0.234 e. The number of hydrogen-bond acceptors (Lipinski definition) is 4. The van der Waals surface area contributed by atoms with Crippen molar-refractivity contribution in [3.8, 4) is 5.75 Å². The van der Waals surface area contributed by atoms with Crippen molar-refractivity contribution in [1.29, 1.82) is 0 Å². The van der Waals surface area contributed by atoms with Gasteiger partial charge in [-0.1, -0.05) is 42.1 Å². The van der Waals surface area contributed by atoms with Crippen LogP contribution in [0.4, 0.5) is 10.1 Å². The van der Waals surface area contributed by atoms with Gasteiger partial charge in [-0.05, 0) is 42.0 Å². The first-order valence-electron chi connectivity index (χ1n) is 9.39. The van der Waals surface area contributed by atoms with Crippen molar-refractivity contribution >= 4 is 34.4 Å². The number of halogens is 1. The molecule has 4 aromatic rings. The van der Waals surface area contributed by atoms with Crippen LogP contribution in [0, 0.1) is 5.82 Å². The molecule has 1 amide bonds. The number of rotatable bonds is 7. The molecule has 0 atom stereocenters. The first kappa shape index (κ1) is 20.0. The lowest BCUT2D eigenvalue weighted by Crippen LogP contribution is -2.14. The van der Waals surface area contributed by atoms with Crippen LogP contribution < -0.4 is 10.1 Å². The molecule has 0 unspecified atom stereocenters. The second-order valence-electron chi connectivity index (χ2n) is 6.66. The lowest BCUT2D eigenvalue weighted by atomic mass is 10.2. The van der Waals surface area contributed by atoms with Crippen LogP contribution in [0.15, 0.2) is 78.0 Å². The number of ether oxygens (including phenoxy) is 1. The highest BCUT2D eigenvalue weighted by atomic mass is 32.2. The SMILES string of the molecule is COc1cccc(NC(=O)CSc2nc3ccccc3n2Cc2ccc(F)cc2)c1. The number of fused-ring (bicyclic) bond motifs is 1. The topological polar surface area (TPSA) is 56.1 Å². The lowest BCUT2D eigenvalue weighted by molar-refractivity contribution is -0.113. The number of imidazole rings is 1. The van der Waals surface area contributed by atoms with Gasteiger partial charge in [0, 0.05) is 11.8 Å². The van der Waals surface area contributed by atoms with Crippen molar-refractivity contribution in [3.05, 3.63) is 84.2 Å². The van der Waals surface area contributed by atoms with E-state index in [0.29, 0.717) is 18.0 Å². The highest BCUT2D eigenvalue weighted by molar-refractivity contribution is 7.99. The Morgan fingerprint density at radius 1 is 1.10 bits per heavy atom. The van der Waals surface area contributed by atoms with Gasteiger partial charge in [0.15, 0.2) is 5.16 Å². The number of thioether (sulfide) groups is 1. The molecule has 1 heterocycles. The van der Waals surface area contributed by atoms with Gasteiger partial charge in [-0.25, -0.2) is 9.37 Å². The molecular weight excluding hydrogens is 401 g/mol. The quantitative estimate of drug-likeness (QED) is 0.429. The van der Waals surface area contributed by atoms with Gasteiger partial charge >= 0.3 is 0 Å². The third-order valence-electron chi connectivity index (χ3n) is 4.56. The van der Waals surface area contributed by atoms with Crippen LogP contribution in [0.1, 0.15) is 5.56 Å². The van der Waals surface area contributed by atoms with Crippen LogP contribution in [-0.4, -0.2) is 28.3 Å². The molecular formula is C23H20FN3O2S. The standard InChI is InChI=1S/C23H20FN3O2S/c1-29-19-6-4-5-18(13-19)25-22(28)15-30-23-26-20-7-2-3-8-21(20)27(23)14-16-9-11-17(24)12-10-16/h2-13H,14-15H2,1H3,(H,25,28). The molecule has 1 aromatic heterocycles. The Kier molecular flexibility index (Phi) is 5.99. The Morgan fingerprint density at radius 3 is 2.70 bits per heavy atom. The Hall–Kier alpha value is -3.32. The maximum absolute atomic E-state index is 13.3. The van der Waals surface area contributed by atoms with E-state index in [1.165, 1.54) is 23.9 Å². The Balaban J connectivity index is 1.51. The summed E-state index contributed by atoms with van der Waals surface area (Å²) in [6.07, 6.45) is 0. The van der Waals surface area contributed by atoms with Gasteiger partial charge < -0.3 is 14.6 Å². The number of nitrogens with one attached hydrogen (secondary N) is 1. The van der Waals surface area contributed by atoms with Crippen LogP contribution in [-0.2, 0) is 11.3 Å². The van der Waals surface area contributed by atoms with Crippen molar-refractivity contribution in [2.75, 3.05) is 18.2 Å². The molecule has 0 bridgehead atoms. The molecule has 0 fully saturated rings. The number of nitrogens with zero attached hydrogens (tertiary/aromatic N) is 2. The van der Waals surface area contributed by atoms with E-state index in [-0.39, 0.29) is 17.5 Å². The molecule has 30 heavy (non-hydrogen) atoms. The summed E-state index contributed by atoms with van der Waals surface area (Å²) < 4.78 is 20.5. The Labute approximate surface area is 177 Å². The maximum Gasteiger partial charge on any atom is 0.234 e. The number of aromatic nitrogens is 2. The fourth-order valence-electron chi connectivity index (χ4n) is 3.12. The van der Waals surface area contributed by atoms with Gasteiger partial charge in [0.2, 0.25) is 5.91 Å². The van der Waals surface area contributed by atoms with E-state index >= 15 is 0 Å². The van der Waals surface area contributed by atoms with Gasteiger partial charge in [0.25, 0.3) is 0 Å². The van der Waals surface area contributed by atoms with E-state index in [2.05, 4.69) is 10.3 Å². The highest BCUT2D eigenvalue weighted by Crippen LogP contribution is 2.26. The third kappa shape index (κ3) is 4.63. The largest absolute Gasteiger partial charge is 0.497 e. The average Bonchev–Trinajstić information content (AvgIpc) is 3.11. The van der Waals surface area contributed by atoms with Gasteiger partial charge in [0.1, 0.15) is 11.6 Å². The van der Waals surface area contributed by atoms with Crippen LogP contribution in [0.3, 0.4) is 0 Å². The van der Waals surface area contributed by atoms with Crippen LogP contribution in [0.5, 0.6) is 5.75 Å². The zero-order valence-corrected chi connectivity index (χ0v) is 17.2. The van der Waals surface area contributed by atoms with Crippen molar-refractivity contribution in [2.24, 2.45) is 0 Å². The normalized spacial score (nSPS) is 10.9. The predicted octanol–water partition coefficient (Wildman–Crippen LogP) is 4.96. The van der Waals surface area contributed by atoms with E-state index in [4.69, 9.17) is 4.74 Å². The van der Waals surface area contributed by atoms with E-state index in [9.17, 15) is 9.18 Å². The van der Waals surface area contributed by atoms with E-state index < -0.39 is 0 Å². The van der Waals surface area contributed by atoms with Crippen molar-refractivity contribution in [2.45, 2.75) is 11.7 Å². The summed E-state index contributed by atoms with van der Waals surface area (Å²) in [6, 6.07) is 21.5. The van der Waals surface area contributed by atoms with Crippen LogP contribution >= 0.6 is 11.8 Å². The molecule has 1 N–H and O–H groups in total. The molecule has 7 heteroatoms. The minimum Gasteiger partial charge on any atom is -0.497 e. The van der Waals surface area contributed by atoms with E-state index in [1.54, 1.807) is 25.3 Å². The highest BCUT2D eigenvalue weighted by Gasteiger charge is 2.14. The molecule has 0 aliphatic heterocycles. The molecule has 0 spiro atoms. The maximum atomic E-state index is 13.3. The minimum absolute atomic E-state index is 0.131. The zero-order valence-electron chi connectivity index (χ0n) is 16.3. The van der Waals surface area contributed by atoms with Crippen molar-refractivity contribution < 1.29 is 13.9 Å². The van der Waals surface area contributed by atoms with Gasteiger partial charge in [0.05, 0.1) is 30.4 Å². The van der Waals surface area contributed by atoms with Crippen LogP contribution in [0.25, 0.3) is 11.0 Å². The summed E-state index contributed by atoms with van der Waals surface area (Å²) >= 11 is 1.37. The van der Waals surface area contributed by atoms with Gasteiger partial charge in [-0.2, -0.15) is 0 Å². The number of benzene rings is 3. The molecule has 0 aliphatic rings. The molecule has 3 aromatic carbocycles. The summed E-state index contributed by atoms with van der Waals surface area (Å²) in [5, 5.41) is 3.61. The molecule has 0 saturated heterocycles. The summed E-state index contributed by atoms with van der Waals surface area (Å²) in [5.74, 6) is 0.498. The fraction of sp³-hybridized carbons (Fsp3) is 0.130. The fourth-order valence-corrected chi connectivity index (χ4v) is 3.93. The monoisotopic (exact) mass is 421 g/mol. The molecule has 0 radical (unpaired) electrons. The first-order chi connectivity index (χ1) is 14.6. The minimum atomic E-state index is -0.266. The van der Waals surface area contributed by atoms with E-state index in [0.717, 1.165) is 21.8 Å². The molecule has 5 nitrogen and oxygen atoms in total. The third-order valence-corrected chi connectivity index (χ3v) is 5.54. The Morgan fingerprint density at radius 2 is 1.90 bits per heavy atom. The summed E-state index contributed by atoms with van der Waals surface area (Å²) in [7, 11) is 1.59. The predicted molar refractivity (Wildman–Crippen MR) is 118 cm³/mol. The molecule has 0 aliphatic carbocycles. The van der Waals surface area contributed by atoms with Crippen LogP contribution in [0.2, 0.25) is 0 Å². The van der Waals surface area contributed by atoms with Crippen molar-refractivity contribution in [1.82, 2.24) is 9.55 Å². The van der Waals surface area contributed by atoms with Gasteiger partial charge in [-0.15, -0.1) is 0 Å². The average molecular weight is 421 g/mol. The summed E-state index contributed by atoms with van der Waals surface area (Å²) in [5.41, 5.74) is 3.47. The van der Waals surface area contributed by atoms with Crippen molar-refractivity contribution in [3.63, 3.8) is 0 Å². The lowest BCUT2D eigenvalue weighted by Gasteiger charge is -2.10. The number of carbonyl (C=O) groups is 1. The molecule has 152 valence electrons. The second kappa shape index (κ2) is 9.00. The second-order valence-corrected chi connectivity index (χ2v) is 7.61. The van der Waals surface area contributed by atoms with Gasteiger partial charge in [-0.3, -0.25) is 4.79 Å². The zero-order chi connectivity index (χ0) is 20.9. The molecule has 4 rings (SSSR count). The number of carbonyl (C=O) groups excluding carboxylic acids is 1. The number of para-hydroxylation sites is 2.